The molecule has 0 fully saturated rings. The standard InChI is InChI=1S/C23H40ClFN3O9PS/c1-15(2)37-21(31)16(3)27-38(33,35-9-10-39-22(32)23(4,5)6)36-13-17(34-8)11-19(24)28(7)12-18(25)20(30)26-14-29/h12,14-17,19H,9-11,13H2,1-8H3,(H,27,33)(H,26,29,30)/b18-12+. The highest BCUT2D eigenvalue weighted by Gasteiger charge is 2.33. The van der Waals surface area contributed by atoms with Crippen molar-refractivity contribution in [3.63, 3.8) is 0 Å². The number of carbonyl (C=O) groups is 4. The Hall–Kier alpha value is -1.54. The number of hydrogen-bond donors (Lipinski definition) is 2. The summed E-state index contributed by atoms with van der Waals surface area (Å²) in [6.45, 7) is 9.65. The fraction of sp³-hybridized carbons (Fsp3) is 0.739. The molecule has 4 atom stereocenters. The molecule has 0 saturated carbocycles. The number of halogens is 2. The molecule has 2 N–H and O–H groups in total. The van der Waals surface area contributed by atoms with Gasteiger partial charge in [-0.2, -0.15) is 4.39 Å². The third kappa shape index (κ3) is 15.7. The number of hydrogen-bond acceptors (Lipinski definition) is 11. The van der Waals surface area contributed by atoms with E-state index in [2.05, 4.69) is 5.09 Å². The zero-order chi connectivity index (χ0) is 30.4. The van der Waals surface area contributed by atoms with Crippen molar-refractivity contribution >= 4 is 54.5 Å². The lowest BCUT2D eigenvalue weighted by Gasteiger charge is -2.27. The highest BCUT2D eigenvalue weighted by Crippen LogP contribution is 2.45. The van der Waals surface area contributed by atoms with Gasteiger partial charge in [0.1, 0.15) is 11.5 Å². The maximum Gasteiger partial charge on any atom is 0.406 e. The summed E-state index contributed by atoms with van der Waals surface area (Å²) < 4.78 is 48.8. The number of rotatable bonds is 18. The van der Waals surface area contributed by atoms with Crippen LogP contribution in [-0.2, 0) is 42.3 Å². The largest absolute Gasteiger partial charge is 0.462 e. The van der Waals surface area contributed by atoms with Gasteiger partial charge in [0, 0.05) is 37.9 Å². The smallest absolute Gasteiger partial charge is 0.406 e. The molecule has 0 heterocycles. The van der Waals surface area contributed by atoms with E-state index in [-0.39, 0.29) is 36.9 Å². The lowest BCUT2D eigenvalue weighted by Crippen LogP contribution is -2.36. The van der Waals surface area contributed by atoms with Crippen molar-refractivity contribution in [3.8, 4) is 0 Å². The van der Waals surface area contributed by atoms with Crippen molar-refractivity contribution in [2.75, 3.05) is 33.1 Å². The molecule has 16 heteroatoms. The molecule has 39 heavy (non-hydrogen) atoms. The number of carbonyl (C=O) groups excluding carboxylic acids is 4. The second-order valence-corrected chi connectivity index (χ2v) is 13.0. The molecule has 12 nitrogen and oxygen atoms in total. The molecular weight excluding hydrogens is 580 g/mol. The molecule has 4 unspecified atom stereocenters. The van der Waals surface area contributed by atoms with Crippen LogP contribution in [0, 0.1) is 5.41 Å². The maximum absolute atomic E-state index is 13.9. The number of methoxy groups -OCH3 is 1. The van der Waals surface area contributed by atoms with Crippen molar-refractivity contribution in [2.24, 2.45) is 5.41 Å². The summed E-state index contributed by atoms with van der Waals surface area (Å²) in [4.78, 5) is 47.3. The number of esters is 1. The van der Waals surface area contributed by atoms with Crippen molar-refractivity contribution < 1.29 is 46.7 Å². The molecule has 0 saturated heterocycles. The van der Waals surface area contributed by atoms with Crippen molar-refractivity contribution in [1.29, 1.82) is 0 Å². The molecule has 0 aromatic heterocycles. The van der Waals surface area contributed by atoms with Crippen molar-refractivity contribution in [1.82, 2.24) is 15.3 Å². The summed E-state index contributed by atoms with van der Waals surface area (Å²) in [7, 11) is -1.38. The van der Waals surface area contributed by atoms with Gasteiger partial charge in [-0.05, 0) is 20.8 Å². The Morgan fingerprint density at radius 1 is 1.18 bits per heavy atom. The van der Waals surface area contributed by atoms with Crippen LogP contribution in [0.3, 0.4) is 0 Å². The fourth-order valence-electron chi connectivity index (χ4n) is 2.48. The molecule has 0 rings (SSSR count). The van der Waals surface area contributed by atoms with E-state index < -0.39 is 54.6 Å². The van der Waals surface area contributed by atoms with Gasteiger partial charge >= 0.3 is 13.7 Å². The number of imide groups is 1. The van der Waals surface area contributed by atoms with Crippen LogP contribution in [0.4, 0.5) is 4.39 Å². The van der Waals surface area contributed by atoms with E-state index in [0.29, 0.717) is 0 Å². The lowest BCUT2D eigenvalue weighted by molar-refractivity contribution is -0.149. The molecule has 0 aromatic carbocycles. The first-order valence-corrected chi connectivity index (χ1v) is 15.0. The highest BCUT2D eigenvalue weighted by molar-refractivity contribution is 8.13. The average Bonchev–Trinajstić information content (AvgIpc) is 2.83. The van der Waals surface area contributed by atoms with E-state index in [1.165, 1.54) is 26.0 Å². The van der Waals surface area contributed by atoms with E-state index >= 15 is 0 Å². The van der Waals surface area contributed by atoms with Gasteiger partial charge < -0.3 is 14.4 Å². The zero-order valence-corrected chi connectivity index (χ0v) is 26.0. The number of alkyl halides is 1. The van der Waals surface area contributed by atoms with E-state index in [1.54, 1.807) is 39.9 Å². The minimum Gasteiger partial charge on any atom is -0.462 e. The van der Waals surface area contributed by atoms with Crippen LogP contribution in [0.1, 0.15) is 48.0 Å². The van der Waals surface area contributed by atoms with Gasteiger partial charge in [0.05, 0.1) is 25.4 Å². The van der Waals surface area contributed by atoms with Crippen LogP contribution in [0.5, 0.6) is 0 Å². The van der Waals surface area contributed by atoms with Crippen LogP contribution in [-0.4, -0.2) is 85.2 Å². The molecule has 0 aromatic rings. The molecule has 0 aliphatic carbocycles. The molecule has 0 bridgehead atoms. The van der Waals surface area contributed by atoms with Gasteiger partial charge in [0.15, 0.2) is 5.12 Å². The summed E-state index contributed by atoms with van der Waals surface area (Å²) in [5.74, 6) is -2.96. The number of amides is 2. The van der Waals surface area contributed by atoms with Gasteiger partial charge in [0.2, 0.25) is 12.2 Å². The predicted octanol–water partition coefficient (Wildman–Crippen LogP) is 3.35. The zero-order valence-electron chi connectivity index (χ0n) is 23.5. The van der Waals surface area contributed by atoms with Gasteiger partial charge in [-0.3, -0.25) is 33.5 Å². The van der Waals surface area contributed by atoms with Crippen molar-refractivity contribution in [2.45, 2.75) is 71.7 Å². The summed E-state index contributed by atoms with van der Waals surface area (Å²) >= 11 is 7.31. The minimum absolute atomic E-state index is 0.0223. The first kappa shape index (κ1) is 37.5. The van der Waals surface area contributed by atoms with Crippen molar-refractivity contribution in [3.05, 3.63) is 12.0 Å². The summed E-state index contributed by atoms with van der Waals surface area (Å²) in [5.41, 5.74) is -1.47. The lowest BCUT2D eigenvalue weighted by atomic mass is 10.00. The van der Waals surface area contributed by atoms with Crippen LogP contribution in [0.2, 0.25) is 0 Å². The first-order valence-electron chi connectivity index (χ1n) is 12.0. The summed E-state index contributed by atoms with van der Waals surface area (Å²) in [5, 5.41) is 4.12. The third-order valence-electron chi connectivity index (χ3n) is 4.63. The summed E-state index contributed by atoms with van der Waals surface area (Å²) in [6, 6.07) is -1.05. The van der Waals surface area contributed by atoms with E-state index in [1.807, 2.05) is 0 Å². The fourth-order valence-corrected chi connectivity index (χ4v) is 5.14. The molecule has 0 aliphatic rings. The second kappa shape index (κ2) is 18.0. The Morgan fingerprint density at radius 3 is 2.31 bits per heavy atom. The number of thioether (sulfide) groups is 1. The topological polar surface area (TPSA) is 150 Å². The third-order valence-corrected chi connectivity index (χ3v) is 8.08. The van der Waals surface area contributed by atoms with Crippen LogP contribution in [0.15, 0.2) is 12.0 Å². The molecule has 226 valence electrons. The number of ether oxygens (including phenoxy) is 2. The predicted molar refractivity (Wildman–Crippen MR) is 146 cm³/mol. The quantitative estimate of drug-likeness (QED) is 0.0440. The number of nitrogens with one attached hydrogen (secondary N) is 2. The first-order chi connectivity index (χ1) is 18.0. The monoisotopic (exact) mass is 619 g/mol. The molecule has 0 aliphatic heterocycles. The second-order valence-electron chi connectivity index (χ2n) is 9.61. The van der Waals surface area contributed by atoms with Gasteiger partial charge in [-0.15, -0.1) is 0 Å². The Kier molecular flexibility index (Phi) is 17.3. The van der Waals surface area contributed by atoms with E-state index in [0.717, 1.165) is 18.0 Å². The van der Waals surface area contributed by atoms with E-state index in [9.17, 15) is 28.1 Å². The Labute approximate surface area is 238 Å². The molecular formula is C23H40ClFN3O9PS. The van der Waals surface area contributed by atoms with Crippen LogP contribution >= 0.6 is 31.1 Å². The van der Waals surface area contributed by atoms with E-state index in [4.69, 9.17) is 30.1 Å². The normalized spacial score (nSPS) is 16.1. The van der Waals surface area contributed by atoms with Gasteiger partial charge in [-0.1, -0.05) is 44.1 Å². The highest BCUT2D eigenvalue weighted by atomic mass is 35.5. The average molecular weight is 620 g/mol. The van der Waals surface area contributed by atoms with Gasteiger partial charge in [-0.25, -0.2) is 9.65 Å². The Balaban J connectivity index is 5.37. The van der Waals surface area contributed by atoms with Crippen LogP contribution in [0.25, 0.3) is 0 Å². The minimum atomic E-state index is -4.12. The molecule has 0 spiro atoms. The van der Waals surface area contributed by atoms with Gasteiger partial charge in [0.25, 0.3) is 5.91 Å². The maximum atomic E-state index is 13.9. The Bertz CT molecular complexity index is 905. The summed E-state index contributed by atoms with van der Waals surface area (Å²) in [6.07, 6.45) is -0.303. The van der Waals surface area contributed by atoms with Crippen LogP contribution < -0.4 is 10.4 Å². The molecule has 2 amide bonds. The Morgan fingerprint density at radius 2 is 1.79 bits per heavy atom. The SMILES string of the molecule is COC(COP(=O)(NC(C)C(=O)OC(C)C)OCCSC(=O)C(C)(C)C)CC(Cl)N(C)/C=C(/F)C(=O)NC=O. The number of nitrogens with zero attached hydrogens (tertiary/aromatic N) is 1. The molecule has 0 radical (unpaired) electrons.